The van der Waals surface area contributed by atoms with E-state index in [9.17, 15) is 9.00 Å². The van der Waals surface area contributed by atoms with Crippen LogP contribution in [0.5, 0.6) is 0 Å². The number of rotatable bonds is 6. The van der Waals surface area contributed by atoms with E-state index in [1.165, 1.54) is 0 Å². The zero-order valence-corrected chi connectivity index (χ0v) is 16.4. The second-order valence-electron chi connectivity index (χ2n) is 5.94. The molecule has 0 saturated carbocycles. The number of pyridine rings is 1. The zero-order valence-electron chi connectivity index (χ0n) is 14.8. The maximum atomic E-state index is 12.6. The first-order chi connectivity index (χ1) is 13.4. The van der Waals surface area contributed by atoms with E-state index in [0.29, 0.717) is 33.1 Å². The number of halogens is 1. The molecule has 28 heavy (non-hydrogen) atoms. The molecule has 0 aliphatic carbocycles. The van der Waals surface area contributed by atoms with Crippen LogP contribution in [0, 0.1) is 0 Å². The van der Waals surface area contributed by atoms with Crippen LogP contribution in [-0.2, 0) is 15.5 Å². The number of benzene rings is 2. The number of carbonyl (C=O) groups excluding carboxylic acids is 1. The molecule has 2 N–H and O–H groups in total. The van der Waals surface area contributed by atoms with Gasteiger partial charge in [-0.3, -0.25) is 18.5 Å². The number of hydrogen-bond donors (Lipinski definition) is 2. The average Bonchev–Trinajstić information content (AvgIpc) is 2.69. The summed E-state index contributed by atoms with van der Waals surface area (Å²) in [7, 11) is 0. The molecule has 1 aromatic heterocycles. The fourth-order valence-corrected chi connectivity index (χ4v) is 3.21. The number of carbonyl (C=O) groups is 1. The van der Waals surface area contributed by atoms with Crippen molar-refractivity contribution in [1.82, 2.24) is 4.98 Å². The zero-order chi connectivity index (χ0) is 20.1. The van der Waals surface area contributed by atoms with E-state index < -0.39 is 17.5 Å². The highest BCUT2D eigenvalue weighted by Gasteiger charge is 2.14. The molecule has 2 aromatic carbocycles. The quantitative estimate of drug-likeness (QED) is 0.559. The topological polar surface area (TPSA) is 88.5 Å². The average molecular weight is 417 g/mol. The molecule has 2 unspecified atom stereocenters. The monoisotopic (exact) mass is 416 g/mol. The normalized spacial score (nSPS) is 13.0. The van der Waals surface area contributed by atoms with E-state index in [4.69, 9.17) is 20.3 Å². The predicted octanol–water partition coefficient (Wildman–Crippen LogP) is 4.87. The maximum Gasteiger partial charge on any atom is 0.302 e. The standard InChI is InChI=1S/C20H17ClN2O4S/c1-13(27-28(25)26)14-5-4-6-15(11-14)20(24)23-16-8-9-18(21)17(12-16)19-7-2-3-10-22-19/h2-13H,1H3,(H,23,24)(H,25,26). The summed E-state index contributed by atoms with van der Waals surface area (Å²) in [6.07, 6.45) is 1.04. The van der Waals surface area contributed by atoms with Gasteiger partial charge in [-0.05, 0) is 55.0 Å². The minimum atomic E-state index is -2.39. The number of anilines is 1. The van der Waals surface area contributed by atoms with Crippen molar-refractivity contribution in [1.29, 1.82) is 0 Å². The van der Waals surface area contributed by atoms with E-state index in [2.05, 4.69) is 10.3 Å². The second-order valence-corrected chi connectivity index (χ2v) is 6.98. The van der Waals surface area contributed by atoms with Crippen molar-refractivity contribution in [2.75, 3.05) is 5.32 Å². The van der Waals surface area contributed by atoms with E-state index in [0.717, 1.165) is 0 Å². The summed E-state index contributed by atoms with van der Waals surface area (Å²) in [5, 5.41) is 3.36. The molecular formula is C20H17ClN2O4S. The lowest BCUT2D eigenvalue weighted by Gasteiger charge is -2.12. The van der Waals surface area contributed by atoms with Gasteiger partial charge in [-0.1, -0.05) is 29.8 Å². The van der Waals surface area contributed by atoms with Gasteiger partial charge in [-0.2, -0.15) is 4.21 Å². The molecule has 1 amide bonds. The van der Waals surface area contributed by atoms with Crippen LogP contribution in [0.3, 0.4) is 0 Å². The van der Waals surface area contributed by atoms with Crippen molar-refractivity contribution < 1.29 is 17.7 Å². The van der Waals surface area contributed by atoms with Crippen LogP contribution in [0.4, 0.5) is 5.69 Å². The molecule has 0 saturated heterocycles. The minimum Gasteiger partial charge on any atom is -0.322 e. The molecule has 1 heterocycles. The minimum absolute atomic E-state index is 0.325. The van der Waals surface area contributed by atoms with Gasteiger partial charge in [0.05, 0.1) is 16.8 Å². The lowest BCUT2D eigenvalue weighted by atomic mass is 10.1. The summed E-state index contributed by atoms with van der Waals surface area (Å²) in [5.74, 6) is -0.325. The Morgan fingerprint density at radius 3 is 2.71 bits per heavy atom. The molecular weight excluding hydrogens is 400 g/mol. The van der Waals surface area contributed by atoms with Gasteiger partial charge in [-0.15, -0.1) is 0 Å². The molecule has 3 aromatic rings. The summed E-state index contributed by atoms with van der Waals surface area (Å²) in [4.78, 5) is 16.9. The highest BCUT2D eigenvalue weighted by Crippen LogP contribution is 2.29. The van der Waals surface area contributed by atoms with Crippen LogP contribution >= 0.6 is 11.6 Å². The first-order valence-electron chi connectivity index (χ1n) is 8.34. The van der Waals surface area contributed by atoms with Gasteiger partial charge in [0.1, 0.15) is 0 Å². The molecule has 0 spiro atoms. The van der Waals surface area contributed by atoms with Crippen LogP contribution < -0.4 is 5.32 Å². The van der Waals surface area contributed by atoms with Crippen molar-refractivity contribution in [3.8, 4) is 11.3 Å². The van der Waals surface area contributed by atoms with Gasteiger partial charge >= 0.3 is 11.4 Å². The molecule has 0 bridgehead atoms. The molecule has 0 fully saturated rings. The summed E-state index contributed by atoms with van der Waals surface area (Å²) in [6.45, 7) is 1.63. The Balaban J connectivity index is 1.81. The van der Waals surface area contributed by atoms with E-state index in [1.807, 2.05) is 18.2 Å². The third-order valence-electron chi connectivity index (χ3n) is 4.01. The van der Waals surface area contributed by atoms with Crippen LogP contribution in [-0.4, -0.2) is 19.7 Å². The maximum absolute atomic E-state index is 12.6. The number of nitrogens with zero attached hydrogens (tertiary/aromatic N) is 1. The van der Waals surface area contributed by atoms with Crippen molar-refractivity contribution in [3.63, 3.8) is 0 Å². The molecule has 0 aliphatic heterocycles. The summed E-state index contributed by atoms with van der Waals surface area (Å²) >= 11 is 3.88. The first-order valence-corrected chi connectivity index (χ1v) is 9.75. The SMILES string of the molecule is CC(OS(=O)O)c1cccc(C(=O)Nc2ccc(Cl)c(-c3ccccn3)c2)c1. The largest absolute Gasteiger partial charge is 0.322 e. The fourth-order valence-electron chi connectivity index (χ4n) is 2.64. The molecule has 0 aliphatic rings. The third-order valence-corrected chi connectivity index (χ3v) is 4.79. The molecule has 3 rings (SSSR count). The van der Waals surface area contributed by atoms with Gasteiger partial charge in [-0.25, -0.2) is 0 Å². The Kier molecular flexibility index (Phi) is 6.53. The molecule has 6 nitrogen and oxygen atoms in total. The molecule has 0 radical (unpaired) electrons. The van der Waals surface area contributed by atoms with E-state index >= 15 is 0 Å². The number of hydrogen-bond acceptors (Lipinski definition) is 4. The Hall–Kier alpha value is -2.58. The Labute approximate surface area is 170 Å². The summed E-state index contributed by atoms with van der Waals surface area (Å²) < 4.78 is 24.5. The smallest absolute Gasteiger partial charge is 0.302 e. The van der Waals surface area contributed by atoms with Crippen molar-refractivity contribution >= 4 is 34.6 Å². The van der Waals surface area contributed by atoms with Gasteiger partial charge in [0, 0.05) is 23.0 Å². The van der Waals surface area contributed by atoms with Crippen molar-refractivity contribution in [3.05, 3.63) is 83.0 Å². The Bertz CT molecular complexity index is 1010. The first kappa shape index (κ1) is 20.2. The number of amides is 1. The highest BCUT2D eigenvalue weighted by atomic mass is 35.5. The van der Waals surface area contributed by atoms with E-state index in [1.54, 1.807) is 55.6 Å². The van der Waals surface area contributed by atoms with Crippen LogP contribution in [0.1, 0.15) is 28.9 Å². The Morgan fingerprint density at radius 1 is 1.18 bits per heavy atom. The van der Waals surface area contributed by atoms with Crippen LogP contribution in [0.15, 0.2) is 66.9 Å². The van der Waals surface area contributed by atoms with Crippen molar-refractivity contribution in [2.24, 2.45) is 0 Å². The number of aromatic nitrogens is 1. The van der Waals surface area contributed by atoms with Gasteiger partial charge in [0.2, 0.25) is 0 Å². The summed E-state index contributed by atoms with van der Waals surface area (Å²) in [5.41, 5.74) is 2.99. The van der Waals surface area contributed by atoms with Crippen LogP contribution in [0.2, 0.25) is 5.02 Å². The van der Waals surface area contributed by atoms with Gasteiger partial charge in [0.15, 0.2) is 0 Å². The lowest BCUT2D eigenvalue weighted by Crippen LogP contribution is -2.13. The highest BCUT2D eigenvalue weighted by molar-refractivity contribution is 7.74. The Morgan fingerprint density at radius 2 is 2.00 bits per heavy atom. The van der Waals surface area contributed by atoms with Crippen molar-refractivity contribution in [2.45, 2.75) is 13.0 Å². The van der Waals surface area contributed by atoms with Crippen LogP contribution in [0.25, 0.3) is 11.3 Å². The number of nitrogens with one attached hydrogen (secondary N) is 1. The molecule has 2 atom stereocenters. The fraction of sp³-hybridized carbons (Fsp3) is 0.100. The van der Waals surface area contributed by atoms with E-state index in [-0.39, 0.29) is 5.91 Å². The van der Waals surface area contributed by atoms with Gasteiger partial charge < -0.3 is 5.32 Å². The predicted molar refractivity (Wildman–Crippen MR) is 109 cm³/mol. The summed E-state index contributed by atoms with van der Waals surface area (Å²) in [6, 6.07) is 17.3. The molecule has 144 valence electrons. The second kappa shape index (κ2) is 9.07. The lowest BCUT2D eigenvalue weighted by molar-refractivity contribution is 0.102. The molecule has 8 heteroatoms. The van der Waals surface area contributed by atoms with Gasteiger partial charge in [0.25, 0.3) is 5.91 Å². The third kappa shape index (κ3) is 5.02.